The van der Waals surface area contributed by atoms with Gasteiger partial charge < -0.3 is 10.3 Å². The molecule has 0 unspecified atom stereocenters. The zero-order valence-corrected chi connectivity index (χ0v) is 11.4. The lowest BCUT2D eigenvalue weighted by molar-refractivity contribution is 0.703. The molecular formula is C15H19N3O. The van der Waals surface area contributed by atoms with Gasteiger partial charge in [0, 0.05) is 30.9 Å². The first kappa shape index (κ1) is 12.2. The largest absolute Gasteiger partial charge is 0.332 e. The number of hydrogen-bond donors (Lipinski definition) is 1. The summed E-state index contributed by atoms with van der Waals surface area (Å²) in [7, 11) is 1.78. The van der Waals surface area contributed by atoms with Crippen molar-refractivity contribution in [3.63, 3.8) is 0 Å². The summed E-state index contributed by atoms with van der Waals surface area (Å²) in [5.74, 6) is 0. The second-order valence-corrected chi connectivity index (χ2v) is 5.53. The lowest BCUT2D eigenvalue weighted by Crippen LogP contribution is -2.23. The summed E-state index contributed by atoms with van der Waals surface area (Å²) in [6.07, 6.45) is 4.15. The summed E-state index contributed by atoms with van der Waals surface area (Å²) >= 11 is 0. The van der Waals surface area contributed by atoms with Gasteiger partial charge in [-0.05, 0) is 37.5 Å². The smallest absolute Gasteiger partial charge is 0.330 e. The SMILES string of the molecule is Cc1cn(C)c(=O)n1-c1cccc(C2(CN)CC2)c1. The molecule has 1 aromatic heterocycles. The number of nitrogens with two attached hydrogens (primary N) is 1. The third kappa shape index (κ3) is 1.83. The van der Waals surface area contributed by atoms with E-state index in [4.69, 9.17) is 5.73 Å². The van der Waals surface area contributed by atoms with Crippen LogP contribution in [0.2, 0.25) is 0 Å². The Morgan fingerprint density at radius 1 is 1.37 bits per heavy atom. The number of imidazole rings is 1. The fourth-order valence-corrected chi connectivity index (χ4v) is 2.75. The predicted molar refractivity (Wildman–Crippen MR) is 75.7 cm³/mol. The average molecular weight is 257 g/mol. The first-order valence-electron chi connectivity index (χ1n) is 6.63. The van der Waals surface area contributed by atoms with Crippen LogP contribution in [0, 0.1) is 6.92 Å². The molecule has 4 nitrogen and oxygen atoms in total. The van der Waals surface area contributed by atoms with Gasteiger partial charge >= 0.3 is 5.69 Å². The zero-order chi connectivity index (χ0) is 13.6. The molecule has 1 saturated carbocycles. The predicted octanol–water partition coefficient (Wildman–Crippen LogP) is 1.47. The minimum atomic E-state index is -0.00718. The Balaban J connectivity index is 2.12. The molecule has 2 N–H and O–H groups in total. The van der Waals surface area contributed by atoms with Gasteiger partial charge in [0.2, 0.25) is 0 Å². The fraction of sp³-hybridized carbons (Fsp3) is 0.400. The topological polar surface area (TPSA) is 53.0 Å². The fourth-order valence-electron chi connectivity index (χ4n) is 2.75. The van der Waals surface area contributed by atoms with E-state index in [0.717, 1.165) is 24.2 Å². The molecule has 1 aliphatic carbocycles. The van der Waals surface area contributed by atoms with E-state index in [0.29, 0.717) is 6.54 Å². The van der Waals surface area contributed by atoms with Crippen LogP contribution < -0.4 is 11.4 Å². The van der Waals surface area contributed by atoms with Crippen molar-refractivity contribution >= 4 is 0 Å². The van der Waals surface area contributed by atoms with Crippen LogP contribution in [0.1, 0.15) is 24.1 Å². The Morgan fingerprint density at radius 2 is 2.11 bits per heavy atom. The van der Waals surface area contributed by atoms with Crippen LogP contribution >= 0.6 is 0 Å². The van der Waals surface area contributed by atoms with Crippen LogP contribution in [-0.4, -0.2) is 15.7 Å². The number of aromatic nitrogens is 2. The lowest BCUT2D eigenvalue weighted by Gasteiger charge is -2.14. The van der Waals surface area contributed by atoms with E-state index >= 15 is 0 Å². The van der Waals surface area contributed by atoms with E-state index in [9.17, 15) is 4.79 Å². The number of rotatable bonds is 3. The molecular weight excluding hydrogens is 238 g/mol. The monoisotopic (exact) mass is 257 g/mol. The molecule has 0 spiro atoms. The molecule has 2 aromatic rings. The van der Waals surface area contributed by atoms with E-state index < -0.39 is 0 Å². The molecule has 1 aromatic carbocycles. The maximum Gasteiger partial charge on any atom is 0.332 e. The number of aryl methyl sites for hydroxylation is 2. The summed E-state index contributed by atoms with van der Waals surface area (Å²) in [4.78, 5) is 12.1. The molecule has 0 saturated heterocycles. The van der Waals surface area contributed by atoms with Gasteiger partial charge in [0.15, 0.2) is 0 Å². The number of nitrogens with zero attached hydrogens (tertiary/aromatic N) is 2. The van der Waals surface area contributed by atoms with Crippen molar-refractivity contribution in [2.75, 3.05) is 6.54 Å². The molecule has 0 aliphatic heterocycles. The Kier molecular flexibility index (Phi) is 2.64. The van der Waals surface area contributed by atoms with Crippen molar-refractivity contribution in [2.45, 2.75) is 25.2 Å². The summed E-state index contributed by atoms with van der Waals surface area (Å²) in [6, 6.07) is 8.21. The molecule has 100 valence electrons. The van der Waals surface area contributed by atoms with Gasteiger partial charge in [-0.2, -0.15) is 0 Å². The molecule has 1 heterocycles. The van der Waals surface area contributed by atoms with E-state index in [1.54, 1.807) is 16.2 Å². The van der Waals surface area contributed by atoms with Crippen molar-refractivity contribution in [3.8, 4) is 5.69 Å². The minimum absolute atomic E-state index is 0.00718. The van der Waals surface area contributed by atoms with Crippen molar-refractivity contribution in [1.29, 1.82) is 0 Å². The summed E-state index contributed by atoms with van der Waals surface area (Å²) < 4.78 is 3.36. The van der Waals surface area contributed by atoms with Crippen LogP contribution in [0.5, 0.6) is 0 Å². The van der Waals surface area contributed by atoms with Crippen LogP contribution in [0.25, 0.3) is 5.69 Å². The van der Waals surface area contributed by atoms with Gasteiger partial charge in [0.1, 0.15) is 0 Å². The minimum Gasteiger partial charge on any atom is -0.330 e. The molecule has 1 fully saturated rings. The van der Waals surface area contributed by atoms with E-state index in [1.165, 1.54) is 5.56 Å². The highest BCUT2D eigenvalue weighted by Gasteiger charge is 2.42. The summed E-state index contributed by atoms with van der Waals surface area (Å²) in [5, 5.41) is 0. The number of hydrogen-bond acceptors (Lipinski definition) is 2. The highest BCUT2D eigenvalue weighted by atomic mass is 16.1. The zero-order valence-electron chi connectivity index (χ0n) is 11.4. The van der Waals surface area contributed by atoms with Crippen LogP contribution in [0.4, 0.5) is 0 Å². The molecule has 0 amide bonds. The van der Waals surface area contributed by atoms with Gasteiger partial charge in [-0.1, -0.05) is 12.1 Å². The first-order valence-corrected chi connectivity index (χ1v) is 6.63. The first-order chi connectivity index (χ1) is 9.07. The average Bonchev–Trinajstić information content (AvgIpc) is 3.15. The van der Waals surface area contributed by atoms with Crippen LogP contribution in [-0.2, 0) is 12.5 Å². The van der Waals surface area contributed by atoms with E-state index in [1.807, 2.05) is 25.3 Å². The van der Waals surface area contributed by atoms with Crippen molar-refractivity contribution in [1.82, 2.24) is 9.13 Å². The van der Waals surface area contributed by atoms with Gasteiger partial charge in [-0.3, -0.25) is 4.57 Å². The summed E-state index contributed by atoms with van der Waals surface area (Å²) in [6.45, 7) is 2.63. The molecule has 19 heavy (non-hydrogen) atoms. The molecule has 3 rings (SSSR count). The van der Waals surface area contributed by atoms with Gasteiger partial charge in [-0.25, -0.2) is 4.79 Å². The summed E-state index contributed by atoms with van der Waals surface area (Å²) in [5.41, 5.74) is 9.16. The second kappa shape index (κ2) is 4.10. The maximum absolute atomic E-state index is 12.1. The van der Waals surface area contributed by atoms with Crippen molar-refractivity contribution in [3.05, 3.63) is 52.2 Å². The Bertz CT molecular complexity index is 677. The third-order valence-electron chi connectivity index (χ3n) is 4.19. The van der Waals surface area contributed by atoms with Crippen LogP contribution in [0.15, 0.2) is 35.3 Å². The van der Waals surface area contributed by atoms with Gasteiger partial charge in [0.05, 0.1) is 5.69 Å². The lowest BCUT2D eigenvalue weighted by atomic mass is 9.96. The van der Waals surface area contributed by atoms with E-state index in [2.05, 4.69) is 12.1 Å². The molecule has 0 bridgehead atoms. The standard InChI is InChI=1S/C15H19N3O/c1-11-9-17(2)14(19)18(11)13-5-3-4-12(8-13)15(10-16)6-7-15/h3-5,8-9H,6-7,10,16H2,1-2H3. The highest BCUT2D eigenvalue weighted by Crippen LogP contribution is 2.47. The van der Waals surface area contributed by atoms with Crippen LogP contribution in [0.3, 0.4) is 0 Å². The maximum atomic E-state index is 12.1. The third-order valence-corrected chi connectivity index (χ3v) is 4.19. The Hall–Kier alpha value is -1.81. The Labute approximate surface area is 112 Å². The quantitative estimate of drug-likeness (QED) is 0.905. The normalized spacial score (nSPS) is 16.6. The van der Waals surface area contributed by atoms with Gasteiger partial charge in [-0.15, -0.1) is 0 Å². The molecule has 4 heteroatoms. The molecule has 1 aliphatic rings. The molecule has 0 atom stereocenters. The van der Waals surface area contributed by atoms with Gasteiger partial charge in [0.25, 0.3) is 0 Å². The molecule has 0 radical (unpaired) electrons. The van der Waals surface area contributed by atoms with E-state index in [-0.39, 0.29) is 11.1 Å². The Morgan fingerprint density at radius 3 is 2.63 bits per heavy atom. The second-order valence-electron chi connectivity index (χ2n) is 5.53. The van der Waals surface area contributed by atoms with Crippen molar-refractivity contribution in [2.24, 2.45) is 12.8 Å². The van der Waals surface area contributed by atoms with Crippen molar-refractivity contribution < 1.29 is 0 Å². The highest BCUT2D eigenvalue weighted by molar-refractivity contribution is 5.43. The number of benzene rings is 1.